The summed E-state index contributed by atoms with van der Waals surface area (Å²) < 4.78 is 0. The molecule has 0 aliphatic carbocycles. The van der Waals surface area contributed by atoms with E-state index >= 15 is 0 Å². The maximum absolute atomic E-state index is 12.2. The minimum atomic E-state index is -1.01. The van der Waals surface area contributed by atoms with Crippen molar-refractivity contribution >= 4 is 35.1 Å². The Morgan fingerprint density at radius 1 is 1.28 bits per heavy atom. The summed E-state index contributed by atoms with van der Waals surface area (Å²) in [7, 11) is 0. The van der Waals surface area contributed by atoms with Crippen LogP contribution in [0.25, 0.3) is 0 Å². The van der Waals surface area contributed by atoms with Crippen molar-refractivity contribution in [3.05, 3.63) is 24.3 Å². The summed E-state index contributed by atoms with van der Waals surface area (Å²) in [6, 6.07) is 6.36. The van der Waals surface area contributed by atoms with E-state index in [-0.39, 0.29) is 12.5 Å². The molecule has 1 aromatic carbocycles. The van der Waals surface area contributed by atoms with Crippen LogP contribution in [0.4, 0.5) is 16.2 Å². The number of urea groups is 1. The number of nitrogens with one attached hydrogen (secondary N) is 2. The molecule has 1 aromatic rings. The van der Waals surface area contributed by atoms with Crippen molar-refractivity contribution in [3.8, 4) is 0 Å². The van der Waals surface area contributed by atoms with Crippen molar-refractivity contribution in [3.63, 3.8) is 0 Å². The molecule has 2 aliphatic rings. The van der Waals surface area contributed by atoms with Crippen LogP contribution in [0, 0.1) is 0 Å². The largest absolute Gasteiger partial charge is 0.325 e. The summed E-state index contributed by atoms with van der Waals surface area (Å²) in [5, 5.41) is 5.19. The fourth-order valence-electron chi connectivity index (χ4n) is 2.98. The molecule has 0 atom stereocenters. The van der Waals surface area contributed by atoms with Crippen LogP contribution in [-0.4, -0.2) is 47.3 Å². The molecule has 0 unspecified atom stereocenters. The number of carbonyl (C=O) groups is 4. The van der Waals surface area contributed by atoms with Gasteiger partial charge >= 0.3 is 6.03 Å². The highest BCUT2D eigenvalue weighted by Gasteiger charge is 2.44. The second-order valence-corrected chi connectivity index (χ2v) is 6.69. The third kappa shape index (κ3) is 3.33. The summed E-state index contributed by atoms with van der Waals surface area (Å²) in [5.74, 6) is -0.861. The summed E-state index contributed by atoms with van der Waals surface area (Å²) >= 11 is 0. The molecule has 2 aliphatic heterocycles. The van der Waals surface area contributed by atoms with E-state index in [1.54, 1.807) is 43.0 Å². The van der Waals surface area contributed by atoms with Gasteiger partial charge in [0.25, 0.3) is 5.91 Å². The molecule has 2 N–H and O–H groups in total. The molecule has 3 rings (SSSR count). The van der Waals surface area contributed by atoms with Gasteiger partial charge in [0.1, 0.15) is 12.1 Å². The fraction of sp³-hybridized carbons (Fsp3) is 0.412. The van der Waals surface area contributed by atoms with E-state index in [9.17, 15) is 19.2 Å². The first kappa shape index (κ1) is 16.9. The van der Waals surface area contributed by atoms with Gasteiger partial charge in [0.2, 0.25) is 11.8 Å². The summed E-state index contributed by atoms with van der Waals surface area (Å²) in [5.41, 5.74) is 0.220. The number of anilines is 2. The normalized spacial score (nSPS) is 19.4. The number of rotatable bonds is 4. The molecule has 0 aromatic heterocycles. The molecule has 25 heavy (non-hydrogen) atoms. The molecular formula is C17H20N4O4. The van der Waals surface area contributed by atoms with Gasteiger partial charge in [0.15, 0.2) is 0 Å². The van der Waals surface area contributed by atoms with Crippen LogP contribution < -0.4 is 15.5 Å². The van der Waals surface area contributed by atoms with Crippen molar-refractivity contribution in [1.82, 2.24) is 10.2 Å². The number of imide groups is 1. The standard InChI is InChI=1S/C17H20N4O4/c1-17(2)15(24)21(16(25)19-17)10-13(22)18-11-5-3-6-12(9-11)20-8-4-7-14(20)23/h3,5-6,9H,4,7-8,10H2,1-2H3,(H,18,22)(H,19,25). The van der Waals surface area contributed by atoms with Crippen molar-refractivity contribution in [2.75, 3.05) is 23.3 Å². The molecule has 5 amide bonds. The highest BCUT2D eigenvalue weighted by Crippen LogP contribution is 2.24. The van der Waals surface area contributed by atoms with Crippen LogP contribution in [0.2, 0.25) is 0 Å². The van der Waals surface area contributed by atoms with E-state index in [0.717, 1.165) is 17.0 Å². The summed E-state index contributed by atoms with van der Waals surface area (Å²) in [6.45, 7) is 3.47. The zero-order valence-electron chi connectivity index (χ0n) is 14.2. The highest BCUT2D eigenvalue weighted by molar-refractivity contribution is 6.09. The van der Waals surface area contributed by atoms with Crippen LogP contribution in [0.3, 0.4) is 0 Å². The maximum atomic E-state index is 12.2. The molecule has 2 saturated heterocycles. The van der Waals surface area contributed by atoms with E-state index in [2.05, 4.69) is 10.6 Å². The van der Waals surface area contributed by atoms with Crippen LogP contribution in [0.5, 0.6) is 0 Å². The zero-order chi connectivity index (χ0) is 18.2. The predicted octanol–water partition coefficient (Wildman–Crippen LogP) is 1.08. The van der Waals surface area contributed by atoms with Crippen LogP contribution in [0.1, 0.15) is 26.7 Å². The Morgan fingerprint density at radius 3 is 2.64 bits per heavy atom. The second kappa shape index (κ2) is 6.19. The average molecular weight is 344 g/mol. The number of nitrogens with zero attached hydrogens (tertiary/aromatic N) is 2. The Bertz CT molecular complexity index is 759. The minimum absolute atomic E-state index is 0.0602. The first-order valence-electron chi connectivity index (χ1n) is 8.12. The Labute approximate surface area is 145 Å². The Kier molecular flexibility index (Phi) is 4.20. The molecule has 8 nitrogen and oxygen atoms in total. The Balaban J connectivity index is 1.67. The van der Waals surface area contributed by atoms with Crippen molar-refractivity contribution in [1.29, 1.82) is 0 Å². The maximum Gasteiger partial charge on any atom is 0.325 e. The van der Waals surface area contributed by atoms with Gasteiger partial charge in [0, 0.05) is 24.3 Å². The minimum Gasteiger partial charge on any atom is -0.324 e. The fourth-order valence-corrected chi connectivity index (χ4v) is 2.98. The quantitative estimate of drug-likeness (QED) is 0.799. The molecule has 132 valence electrons. The molecule has 0 radical (unpaired) electrons. The summed E-state index contributed by atoms with van der Waals surface area (Å²) in [4.78, 5) is 50.5. The Hall–Kier alpha value is -2.90. The SMILES string of the molecule is CC1(C)NC(=O)N(CC(=O)Nc2cccc(N3CCCC3=O)c2)C1=O. The molecule has 0 bridgehead atoms. The number of hydrogen-bond donors (Lipinski definition) is 2. The van der Waals surface area contributed by atoms with E-state index in [1.165, 1.54) is 0 Å². The van der Waals surface area contributed by atoms with Gasteiger partial charge in [-0.05, 0) is 38.5 Å². The van der Waals surface area contributed by atoms with Crippen LogP contribution >= 0.6 is 0 Å². The molecular weight excluding hydrogens is 324 g/mol. The van der Waals surface area contributed by atoms with Crippen molar-refractivity contribution in [2.45, 2.75) is 32.2 Å². The number of carbonyl (C=O) groups excluding carboxylic acids is 4. The first-order valence-corrected chi connectivity index (χ1v) is 8.12. The smallest absolute Gasteiger partial charge is 0.324 e. The third-order valence-corrected chi connectivity index (χ3v) is 4.26. The van der Waals surface area contributed by atoms with Gasteiger partial charge < -0.3 is 15.5 Å². The lowest BCUT2D eigenvalue weighted by Crippen LogP contribution is -2.41. The first-order chi connectivity index (χ1) is 11.8. The third-order valence-electron chi connectivity index (χ3n) is 4.26. The number of amides is 5. The van der Waals surface area contributed by atoms with Gasteiger partial charge in [-0.3, -0.25) is 19.3 Å². The monoisotopic (exact) mass is 344 g/mol. The number of hydrogen-bond acceptors (Lipinski definition) is 4. The molecule has 0 saturated carbocycles. The van der Waals surface area contributed by atoms with Gasteiger partial charge in [0.05, 0.1) is 0 Å². The van der Waals surface area contributed by atoms with Gasteiger partial charge in [-0.15, -0.1) is 0 Å². The van der Waals surface area contributed by atoms with Crippen LogP contribution in [0.15, 0.2) is 24.3 Å². The van der Waals surface area contributed by atoms with Gasteiger partial charge in [-0.2, -0.15) is 0 Å². The number of benzene rings is 1. The van der Waals surface area contributed by atoms with Crippen molar-refractivity contribution in [2.24, 2.45) is 0 Å². The predicted molar refractivity (Wildman–Crippen MR) is 91.0 cm³/mol. The van der Waals surface area contributed by atoms with Crippen LogP contribution in [-0.2, 0) is 14.4 Å². The van der Waals surface area contributed by atoms with Crippen molar-refractivity contribution < 1.29 is 19.2 Å². The topological polar surface area (TPSA) is 98.8 Å². The Morgan fingerprint density at radius 2 is 2.04 bits per heavy atom. The van der Waals surface area contributed by atoms with E-state index in [1.807, 2.05) is 0 Å². The lowest BCUT2D eigenvalue weighted by atomic mass is 10.1. The molecule has 2 heterocycles. The van der Waals surface area contributed by atoms with E-state index < -0.39 is 23.4 Å². The highest BCUT2D eigenvalue weighted by atomic mass is 16.2. The summed E-state index contributed by atoms with van der Waals surface area (Å²) in [6.07, 6.45) is 1.34. The lowest BCUT2D eigenvalue weighted by molar-refractivity contribution is -0.132. The van der Waals surface area contributed by atoms with Gasteiger partial charge in [-0.1, -0.05) is 6.07 Å². The molecule has 0 spiro atoms. The average Bonchev–Trinajstić information content (AvgIpc) is 3.04. The van der Waals surface area contributed by atoms with E-state index in [4.69, 9.17) is 0 Å². The molecule has 8 heteroatoms. The van der Waals surface area contributed by atoms with Gasteiger partial charge in [-0.25, -0.2) is 4.79 Å². The zero-order valence-corrected chi connectivity index (χ0v) is 14.2. The van der Waals surface area contributed by atoms with E-state index in [0.29, 0.717) is 18.7 Å². The lowest BCUT2D eigenvalue weighted by Gasteiger charge is -2.18. The second-order valence-electron chi connectivity index (χ2n) is 6.69. The molecule has 2 fully saturated rings.